The Morgan fingerprint density at radius 3 is 2.70 bits per heavy atom. The van der Waals surface area contributed by atoms with Gasteiger partial charge in [0.25, 0.3) is 0 Å². The van der Waals surface area contributed by atoms with Gasteiger partial charge in [-0.1, -0.05) is 43.7 Å². The zero-order valence-electron chi connectivity index (χ0n) is 19.5. The first kappa shape index (κ1) is 23.5. The lowest BCUT2D eigenvalue weighted by Gasteiger charge is -2.44. The van der Waals surface area contributed by atoms with Crippen molar-refractivity contribution in [2.24, 2.45) is 23.2 Å². The first-order chi connectivity index (χ1) is 14.0. The van der Waals surface area contributed by atoms with Crippen molar-refractivity contribution in [1.82, 2.24) is 0 Å². The van der Waals surface area contributed by atoms with Crippen LogP contribution in [0.5, 0.6) is 0 Å². The van der Waals surface area contributed by atoms with E-state index in [1.54, 1.807) is 19.4 Å². The minimum absolute atomic E-state index is 0.0418. The van der Waals surface area contributed by atoms with Crippen LogP contribution in [0.1, 0.15) is 91.9 Å². The van der Waals surface area contributed by atoms with Crippen LogP contribution < -0.4 is 0 Å². The molecule has 3 fully saturated rings. The van der Waals surface area contributed by atoms with Crippen molar-refractivity contribution in [2.75, 3.05) is 0 Å². The number of carbonyl (C=O) groups is 1. The average Bonchev–Trinajstić information content (AvgIpc) is 3.03. The van der Waals surface area contributed by atoms with Crippen LogP contribution in [0.25, 0.3) is 0 Å². The predicted octanol–water partition coefficient (Wildman–Crippen LogP) is 5.91. The van der Waals surface area contributed by atoms with Crippen molar-refractivity contribution in [3.63, 3.8) is 0 Å². The summed E-state index contributed by atoms with van der Waals surface area (Å²) in [6.45, 7) is 12.2. The number of rotatable bonds is 6. The molecule has 3 aliphatic carbocycles. The third kappa shape index (κ3) is 4.99. The van der Waals surface area contributed by atoms with Gasteiger partial charge in [0.1, 0.15) is 5.60 Å². The summed E-state index contributed by atoms with van der Waals surface area (Å²) in [7, 11) is 0. The maximum absolute atomic E-state index is 12.2. The molecule has 0 aromatic rings. The summed E-state index contributed by atoms with van der Waals surface area (Å²) in [5.41, 5.74) is 3.08. The third-order valence-electron chi connectivity index (χ3n) is 8.42. The largest absolute Gasteiger partial charge is 0.393 e. The van der Waals surface area contributed by atoms with Crippen LogP contribution >= 0.6 is 0 Å². The van der Waals surface area contributed by atoms with Gasteiger partial charge < -0.3 is 10.2 Å². The Labute approximate surface area is 183 Å². The fraction of sp³-hybridized carbons (Fsp3) is 0.741. The molecule has 0 amide bonds. The summed E-state index contributed by atoms with van der Waals surface area (Å²) in [6, 6.07) is 0. The summed E-state index contributed by atoms with van der Waals surface area (Å²) in [5, 5.41) is 20.0. The monoisotopic (exact) mass is 414 g/mol. The van der Waals surface area contributed by atoms with E-state index in [1.807, 2.05) is 0 Å². The van der Waals surface area contributed by atoms with Crippen molar-refractivity contribution in [3.05, 3.63) is 35.5 Å². The second-order valence-electron chi connectivity index (χ2n) is 11.0. The van der Waals surface area contributed by atoms with E-state index in [1.165, 1.54) is 43.3 Å². The zero-order chi connectivity index (χ0) is 22.1. The molecule has 0 aromatic carbocycles. The lowest BCUT2D eigenvalue weighted by atomic mass is 9.60. The van der Waals surface area contributed by atoms with Crippen LogP contribution in [0.3, 0.4) is 0 Å². The Kier molecular flexibility index (Phi) is 7.14. The summed E-state index contributed by atoms with van der Waals surface area (Å²) in [6.07, 6.45) is 14.3. The predicted molar refractivity (Wildman–Crippen MR) is 123 cm³/mol. The minimum atomic E-state index is -1.22. The smallest absolute Gasteiger partial charge is 0.163 e. The maximum Gasteiger partial charge on any atom is 0.163 e. The molecule has 3 rings (SSSR count). The van der Waals surface area contributed by atoms with Crippen LogP contribution in [-0.4, -0.2) is 27.7 Å². The molecule has 2 N–H and O–H groups in total. The second kappa shape index (κ2) is 9.12. The number of allylic oxidation sites excluding steroid dienone is 4. The number of hydrogen-bond acceptors (Lipinski definition) is 3. The van der Waals surface area contributed by atoms with Crippen LogP contribution in [-0.2, 0) is 4.79 Å². The molecule has 168 valence electrons. The van der Waals surface area contributed by atoms with Crippen molar-refractivity contribution in [3.8, 4) is 0 Å². The van der Waals surface area contributed by atoms with Crippen molar-refractivity contribution < 1.29 is 15.0 Å². The molecule has 5 atom stereocenters. The van der Waals surface area contributed by atoms with Gasteiger partial charge in [-0.05, 0) is 100 Å². The fourth-order valence-electron chi connectivity index (χ4n) is 6.48. The van der Waals surface area contributed by atoms with E-state index in [-0.39, 0.29) is 11.9 Å². The number of Topliss-reactive ketones (excluding diaryl/α,β-unsaturated/α-hetero) is 1. The normalized spacial score (nSPS) is 36.2. The molecule has 0 heterocycles. The zero-order valence-corrected chi connectivity index (χ0v) is 19.5. The van der Waals surface area contributed by atoms with Crippen LogP contribution in [0.15, 0.2) is 35.5 Å². The van der Waals surface area contributed by atoms with Gasteiger partial charge in [0.2, 0.25) is 0 Å². The number of fused-ring (bicyclic) bond motifs is 1. The number of carbonyl (C=O) groups excluding carboxylic acids is 1. The van der Waals surface area contributed by atoms with Gasteiger partial charge in [-0.2, -0.15) is 0 Å². The van der Waals surface area contributed by atoms with E-state index in [9.17, 15) is 15.0 Å². The first-order valence-corrected chi connectivity index (χ1v) is 12.0. The van der Waals surface area contributed by atoms with E-state index in [2.05, 4.69) is 32.6 Å². The molecule has 0 bridgehead atoms. The molecule has 3 saturated carbocycles. The first-order valence-electron chi connectivity index (χ1n) is 12.0. The molecule has 3 heteroatoms. The van der Waals surface area contributed by atoms with Gasteiger partial charge in [0, 0.05) is 6.42 Å². The summed E-state index contributed by atoms with van der Waals surface area (Å²) in [4.78, 5) is 12.2. The molecular formula is C27H42O3. The Morgan fingerprint density at radius 1 is 1.27 bits per heavy atom. The number of aliphatic hydroxyl groups is 2. The Balaban J connectivity index is 1.70. The molecule has 0 aliphatic heterocycles. The molecule has 0 radical (unpaired) electrons. The highest BCUT2D eigenvalue weighted by Gasteiger charge is 2.50. The maximum atomic E-state index is 12.2. The van der Waals surface area contributed by atoms with Gasteiger partial charge in [0.15, 0.2) is 5.78 Å². The molecule has 2 unspecified atom stereocenters. The SMILES string of the molecule is C=C1CC[C@H](O)C/C1=C\C=C1/CCC[C@@]2(C)C1CCC2[C@@H](C)CCC(=O)C(C)(C)O. The average molecular weight is 415 g/mol. The fourth-order valence-corrected chi connectivity index (χ4v) is 6.48. The van der Waals surface area contributed by atoms with Crippen LogP contribution in [0.4, 0.5) is 0 Å². The van der Waals surface area contributed by atoms with Crippen molar-refractivity contribution in [1.29, 1.82) is 0 Å². The standard InChI is InChI=1S/C27H42O3/c1-18-8-12-22(28)17-21(18)11-10-20-7-6-16-27(5)23(13-14-24(20)27)19(2)9-15-25(29)26(3,4)30/h10-11,19,22-24,28,30H,1,6-9,12-17H2,2-5H3/b20-10+,21-11+/t19-,22-,23?,24?,27+/m0/s1. The van der Waals surface area contributed by atoms with Crippen molar-refractivity contribution >= 4 is 5.78 Å². The number of hydrogen-bond donors (Lipinski definition) is 2. The van der Waals surface area contributed by atoms with E-state index >= 15 is 0 Å². The third-order valence-corrected chi connectivity index (χ3v) is 8.42. The summed E-state index contributed by atoms with van der Waals surface area (Å²) < 4.78 is 0. The number of ketones is 1. The highest BCUT2D eigenvalue weighted by molar-refractivity contribution is 5.86. The molecule has 30 heavy (non-hydrogen) atoms. The van der Waals surface area contributed by atoms with E-state index in [4.69, 9.17) is 0 Å². The quantitative estimate of drug-likeness (QED) is 0.568. The van der Waals surface area contributed by atoms with E-state index < -0.39 is 5.60 Å². The van der Waals surface area contributed by atoms with Crippen molar-refractivity contribution in [2.45, 2.75) is 104 Å². The minimum Gasteiger partial charge on any atom is -0.393 e. The van der Waals surface area contributed by atoms with E-state index in [0.29, 0.717) is 29.6 Å². The molecule has 0 saturated heterocycles. The van der Waals surface area contributed by atoms with Gasteiger partial charge in [-0.3, -0.25) is 4.79 Å². The van der Waals surface area contributed by atoms with Gasteiger partial charge in [0.05, 0.1) is 6.10 Å². The lowest BCUT2D eigenvalue weighted by Crippen LogP contribution is -2.36. The van der Waals surface area contributed by atoms with Gasteiger partial charge in [-0.25, -0.2) is 0 Å². The molecule has 0 spiro atoms. The van der Waals surface area contributed by atoms with Crippen LogP contribution in [0, 0.1) is 23.2 Å². The molecule has 0 aromatic heterocycles. The van der Waals surface area contributed by atoms with Crippen LogP contribution in [0.2, 0.25) is 0 Å². The topological polar surface area (TPSA) is 57.5 Å². The lowest BCUT2D eigenvalue weighted by molar-refractivity contribution is -0.134. The summed E-state index contributed by atoms with van der Waals surface area (Å²) >= 11 is 0. The van der Waals surface area contributed by atoms with Gasteiger partial charge in [-0.15, -0.1) is 0 Å². The van der Waals surface area contributed by atoms with E-state index in [0.717, 1.165) is 25.7 Å². The Morgan fingerprint density at radius 2 is 2.00 bits per heavy atom. The highest BCUT2D eigenvalue weighted by atomic mass is 16.3. The Bertz CT molecular complexity index is 723. The molecule has 3 aliphatic rings. The Hall–Kier alpha value is -1.19. The summed E-state index contributed by atoms with van der Waals surface area (Å²) in [5.74, 6) is 1.72. The number of aliphatic hydroxyl groups excluding tert-OH is 1. The molecular weight excluding hydrogens is 372 g/mol. The molecule has 3 nitrogen and oxygen atoms in total. The highest BCUT2D eigenvalue weighted by Crippen LogP contribution is 2.59. The second-order valence-corrected chi connectivity index (χ2v) is 11.0. The van der Waals surface area contributed by atoms with Gasteiger partial charge >= 0.3 is 0 Å².